The number of anilines is 1. The molecule has 0 spiro atoms. The summed E-state index contributed by atoms with van der Waals surface area (Å²) in [4.78, 5) is 10.3. The molecule has 0 aromatic heterocycles. The fraction of sp³-hybridized carbons (Fsp3) is 0.500. The first-order chi connectivity index (χ1) is 8.08. The molecule has 0 heterocycles. The Hall–Kier alpha value is -1.29. The number of nitro groups is 1. The van der Waals surface area contributed by atoms with E-state index in [1.807, 2.05) is 6.92 Å². The molecule has 0 aliphatic heterocycles. The van der Waals surface area contributed by atoms with E-state index in [-0.39, 0.29) is 5.69 Å². The van der Waals surface area contributed by atoms with Gasteiger partial charge in [0.15, 0.2) is 0 Å². The van der Waals surface area contributed by atoms with E-state index in [2.05, 4.69) is 5.32 Å². The summed E-state index contributed by atoms with van der Waals surface area (Å²) in [5.74, 6) is 0. The van der Waals surface area contributed by atoms with Crippen LogP contribution in [0.2, 0.25) is 5.02 Å². The Balaban J connectivity index is 2.24. The number of nitro benzene ring substituents is 1. The summed E-state index contributed by atoms with van der Waals surface area (Å²) in [6.07, 6.45) is 4.77. The van der Waals surface area contributed by atoms with Crippen molar-refractivity contribution in [1.29, 1.82) is 0 Å². The maximum atomic E-state index is 10.7. The fourth-order valence-electron chi connectivity index (χ4n) is 2.29. The van der Waals surface area contributed by atoms with Crippen molar-refractivity contribution < 1.29 is 4.92 Å². The van der Waals surface area contributed by atoms with Crippen LogP contribution < -0.4 is 5.32 Å². The highest BCUT2D eigenvalue weighted by Crippen LogP contribution is 2.33. The number of nitrogens with zero attached hydrogens (tertiary/aromatic N) is 1. The van der Waals surface area contributed by atoms with Gasteiger partial charge < -0.3 is 5.32 Å². The number of halogens is 1. The zero-order valence-corrected chi connectivity index (χ0v) is 10.5. The van der Waals surface area contributed by atoms with Gasteiger partial charge in [-0.25, -0.2) is 0 Å². The molecule has 17 heavy (non-hydrogen) atoms. The smallest absolute Gasteiger partial charge is 0.271 e. The van der Waals surface area contributed by atoms with Crippen LogP contribution in [0.1, 0.15) is 31.2 Å². The van der Waals surface area contributed by atoms with Crippen LogP contribution >= 0.6 is 11.6 Å². The molecule has 92 valence electrons. The number of nitrogens with one attached hydrogen (secondary N) is 1. The number of benzene rings is 1. The van der Waals surface area contributed by atoms with Gasteiger partial charge in [0, 0.05) is 18.2 Å². The minimum Gasteiger partial charge on any atom is -0.381 e. The lowest BCUT2D eigenvalue weighted by molar-refractivity contribution is -0.384. The third-order valence-corrected chi connectivity index (χ3v) is 3.48. The van der Waals surface area contributed by atoms with Crippen LogP contribution in [0.5, 0.6) is 0 Å². The lowest BCUT2D eigenvalue weighted by Crippen LogP contribution is -2.15. The average molecular weight is 255 g/mol. The molecule has 0 atom stereocenters. The summed E-state index contributed by atoms with van der Waals surface area (Å²) in [5, 5.41) is 14.5. The Labute approximate surface area is 105 Å². The van der Waals surface area contributed by atoms with Crippen LogP contribution in [-0.4, -0.2) is 11.0 Å². The van der Waals surface area contributed by atoms with Crippen molar-refractivity contribution in [2.75, 3.05) is 5.32 Å². The van der Waals surface area contributed by atoms with Gasteiger partial charge in [-0.05, 0) is 25.3 Å². The first-order valence-corrected chi connectivity index (χ1v) is 6.17. The fourth-order valence-corrected chi connectivity index (χ4v) is 2.60. The van der Waals surface area contributed by atoms with Gasteiger partial charge in [0.25, 0.3) is 5.69 Å². The van der Waals surface area contributed by atoms with Crippen LogP contribution in [0, 0.1) is 17.0 Å². The Morgan fingerprint density at radius 3 is 2.59 bits per heavy atom. The minimum absolute atomic E-state index is 0.0458. The van der Waals surface area contributed by atoms with Gasteiger partial charge in [0.1, 0.15) is 0 Å². The number of hydrogen-bond acceptors (Lipinski definition) is 3. The maximum Gasteiger partial charge on any atom is 0.271 e. The third-order valence-electron chi connectivity index (χ3n) is 3.19. The molecule has 0 unspecified atom stereocenters. The standard InChI is InChI=1S/C12H15ClN2O2/c1-8-6-10(15(16)17)7-11(13)12(8)14-9-4-2-3-5-9/h6-7,9,14H,2-5H2,1H3. The first-order valence-electron chi connectivity index (χ1n) is 5.79. The van der Waals surface area contributed by atoms with Gasteiger partial charge in [-0.15, -0.1) is 0 Å². The molecule has 0 amide bonds. The van der Waals surface area contributed by atoms with E-state index < -0.39 is 4.92 Å². The Kier molecular flexibility index (Phi) is 3.52. The Morgan fingerprint density at radius 1 is 1.41 bits per heavy atom. The van der Waals surface area contributed by atoms with E-state index in [9.17, 15) is 10.1 Å². The number of rotatable bonds is 3. The van der Waals surface area contributed by atoms with Crippen molar-refractivity contribution in [3.8, 4) is 0 Å². The van der Waals surface area contributed by atoms with Gasteiger partial charge in [-0.3, -0.25) is 10.1 Å². The molecule has 2 rings (SSSR count). The van der Waals surface area contributed by atoms with Crippen molar-refractivity contribution in [2.24, 2.45) is 0 Å². The zero-order valence-electron chi connectivity index (χ0n) is 9.70. The van der Waals surface area contributed by atoms with Gasteiger partial charge in [0.05, 0.1) is 15.6 Å². The summed E-state index contributed by atoms with van der Waals surface area (Å²) in [7, 11) is 0. The molecule has 1 N–H and O–H groups in total. The molecule has 1 aromatic rings. The molecule has 4 nitrogen and oxygen atoms in total. The van der Waals surface area contributed by atoms with Gasteiger partial charge >= 0.3 is 0 Å². The highest BCUT2D eigenvalue weighted by atomic mass is 35.5. The van der Waals surface area contributed by atoms with Crippen LogP contribution in [0.25, 0.3) is 0 Å². The summed E-state index contributed by atoms with van der Waals surface area (Å²) < 4.78 is 0. The van der Waals surface area contributed by atoms with Gasteiger partial charge in [-0.1, -0.05) is 24.4 Å². The quantitative estimate of drug-likeness (QED) is 0.657. The summed E-state index contributed by atoms with van der Waals surface area (Å²) in [5.41, 5.74) is 1.71. The van der Waals surface area contributed by atoms with Crippen molar-refractivity contribution >= 4 is 23.0 Å². The average Bonchev–Trinajstić information content (AvgIpc) is 2.75. The van der Waals surface area contributed by atoms with E-state index in [1.165, 1.54) is 18.9 Å². The van der Waals surface area contributed by atoms with E-state index in [0.717, 1.165) is 24.1 Å². The Morgan fingerprint density at radius 2 is 2.06 bits per heavy atom. The van der Waals surface area contributed by atoms with E-state index in [1.54, 1.807) is 6.07 Å². The number of non-ortho nitro benzene ring substituents is 1. The predicted octanol–water partition coefficient (Wildman–Crippen LogP) is 3.91. The molecule has 0 radical (unpaired) electrons. The van der Waals surface area contributed by atoms with Crippen molar-refractivity contribution in [3.05, 3.63) is 32.8 Å². The second-order valence-corrected chi connectivity index (χ2v) is 4.91. The predicted molar refractivity (Wildman–Crippen MR) is 68.7 cm³/mol. The molecule has 5 heteroatoms. The molecular weight excluding hydrogens is 240 g/mol. The Bertz CT molecular complexity index is 419. The second kappa shape index (κ2) is 4.92. The maximum absolute atomic E-state index is 10.7. The van der Waals surface area contributed by atoms with E-state index in [0.29, 0.717) is 11.1 Å². The number of aryl methyl sites for hydroxylation is 1. The van der Waals surface area contributed by atoms with Crippen molar-refractivity contribution in [2.45, 2.75) is 38.6 Å². The second-order valence-electron chi connectivity index (χ2n) is 4.50. The molecule has 1 aliphatic rings. The minimum atomic E-state index is -0.418. The molecule has 1 aliphatic carbocycles. The lowest BCUT2D eigenvalue weighted by Gasteiger charge is -2.16. The van der Waals surface area contributed by atoms with Gasteiger partial charge in [-0.2, -0.15) is 0 Å². The number of hydrogen-bond donors (Lipinski definition) is 1. The molecule has 0 saturated heterocycles. The summed E-state index contributed by atoms with van der Waals surface area (Å²) in [6.45, 7) is 1.84. The van der Waals surface area contributed by atoms with Crippen LogP contribution in [0.15, 0.2) is 12.1 Å². The molecular formula is C12H15ClN2O2. The van der Waals surface area contributed by atoms with E-state index >= 15 is 0 Å². The van der Waals surface area contributed by atoms with Crippen molar-refractivity contribution in [1.82, 2.24) is 0 Å². The largest absolute Gasteiger partial charge is 0.381 e. The molecule has 1 aromatic carbocycles. The van der Waals surface area contributed by atoms with Crippen molar-refractivity contribution in [3.63, 3.8) is 0 Å². The topological polar surface area (TPSA) is 55.2 Å². The lowest BCUT2D eigenvalue weighted by atomic mass is 10.1. The molecule has 1 saturated carbocycles. The third kappa shape index (κ3) is 2.69. The van der Waals surface area contributed by atoms with E-state index in [4.69, 9.17) is 11.6 Å². The summed E-state index contributed by atoms with van der Waals surface area (Å²) >= 11 is 6.09. The first kappa shape index (κ1) is 12.2. The SMILES string of the molecule is Cc1cc([N+](=O)[O-])cc(Cl)c1NC1CCCC1. The van der Waals surface area contributed by atoms with Crippen LogP contribution in [0.4, 0.5) is 11.4 Å². The van der Waals surface area contributed by atoms with Gasteiger partial charge in [0.2, 0.25) is 0 Å². The van der Waals surface area contributed by atoms with Crippen LogP contribution in [0.3, 0.4) is 0 Å². The monoisotopic (exact) mass is 254 g/mol. The highest BCUT2D eigenvalue weighted by molar-refractivity contribution is 6.33. The molecule has 1 fully saturated rings. The van der Waals surface area contributed by atoms with Crippen LogP contribution in [-0.2, 0) is 0 Å². The zero-order chi connectivity index (χ0) is 12.4. The molecule has 0 bridgehead atoms. The summed E-state index contributed by atoms with van der Waals surface area (Å²) in [6, 6.07) is 3.42. The highest BCUT2D eigenvalue weighted by Gasteiger charge is 2.18. The normalized spacial score (nSPS) is 16.1.